The molecule has 0 unspecified atom stereocenters. The molecular formula is C25H50NO5+. The number of hydrogen-bond acceptors (Lipinski definition) is 4. The number of nitrogens with zero attached hydrogens (tertiary/aromatic N) is 1. The number of unbranched alkanes of at least 4 members (excludes halogenated alkanes) is 12. The molecule has 0 radical (unpaired) electrons. The van der Waals surface area contributed by atoms with E-state index in [1.165, 1.54) is 70.6 Å². The topological polar surface area (TPSA) is 83.8 Å². The molecule has 0 amide bonds. The number of aliphatic carboxylic acids is 1. The Hall–Kier alpha value is -1.14. The van der Waals surface area contributed by atoms with Crippen LogP contribution < -0.4 is 0 Å². The van der Waals surface area contributed by atoms with Gasteiger partial charge >= 0.3 is 11.9 Å². The second-order valence-corrected chi connectivity index (χ2v) is 10.1. The SMILES string of the molecule is CCCCCCCCCCCCCCC[C@@H](O)CC(=O)O[C@@H](CC(=O)O)C[N+](C)(C)C. The van der Waals surface area contributed by atoms with Crippen molar-refractivity contribution in [2.45, 2.75) is 122 Å². The van der Waals surface area contributed by atoms with Crippen molar-refractivity contribution >= 4 is 11.9 Å². The number of ether oxygens (including phenoxy) is 1. The molecule has 0 fully saturated rings. The quantitative estimate of drug-likeness (QED) is 0.142. The fraction of sp³-hybridized carbons (Fsp3) is 0.920. The Labute approximate surface area is 190 Å². The molecule has 0 bridgehead atoms. The van der Waals surface area contributed by atoms with Crippen LogP contribution in [0.5, 0.6) is 0 Å². The number of esters is 1. The third kappa shape index (κ3) is 21.9. The predicted octanol–water partition coefficient (Wildman–Crippen LogP) is 5.31. The number of carboxylic acids is 1. The summed E-state index contributed by atoms with van der Waals surface area (Å²) in [6.45, 7) is 2.68. The minimum absolute atomic E-state index is 0.0640. The lowest BCUT2D eigenvalue weighted by molar-refractivity contribution is -0.873. The molecule has 0 aromatic heterocycles. The molecule has 31 heavy (non-hydrogen) atoms. The molecular weight excluding hydrogens is 394 g/mol. The summed E-state index contributed by atoms with van der Waals surface area (Å²) in [5.41, 5.74) is 0. The number of hydrogen-bond donors (Lipinski definition) is 2. The Morgan fingerprint density at radius 2 is 1.23 bits per heavy atom. The zero-order chi connectivity index (χ0) is 23.5. The van der Waals surface area contributed by atoms with Gasteiger partial charge < -0.3 is 19.4 Å². The molecule has 0 aromatic rings. The molecule has 0 aliphatic carbocycles. The molecule has 0 spiro atoms. The summed E-state index contributed by atoms with van der Waals surface area (Å²) in [5.74, 6) is -1.50. The van der Waals surface area contributed by atoms with Gasteiger partial charge in [-0.1, -0.05) is 90.4 Å². The highest BCUT2D eigenvalue weighted by atomic mass is 16.5. The normalized spacial score (nSPS) is 13.7. The van der Waals surface area contributed by atoms with Crippen molar-refractivity contribution < 1.29 is 29.0 Å². The Bertz CT molecular complexity index is 461. The van der Waals surface area contributed by atoms with Crippen LogP contribution in [-0.2, 0) is 14.3 Å². The summed E-state index contributed by atoms with van der Waals surface area (Å²) in [6.07, 6.45) is 15.5. The molecule has 0 aliphatic heterocycles. The van der Waals surface area contributed by atoms with Crippen molar-refractivity contribution in [3.8, 4) is 0 Å². The predicted molar refractivity (Wildman–Crippen MR) is 126 cm³/mol. The molecule has 6 nitrogen and oxygen atoms in total. The number of likely N-dealkylation sites (N-methyl/N-ethyl adjacent to an activating group) is 1. The van der Waals surface area contributed by atoms with Crippen LogP contribution >= 0.6 is 0 Å². The van der Waals surface area contributed by atoms with Crippen LogP contribution in [-0.4, -0.2) is 66.5 Å². The fourth-order valence-corrected chi connectivity index (χ4v) is 3.88. The lowest BCUT2D eigenvalue weighted by Crippen LogP contribution is -2.44. The van der Waals surface area contributed by atoms with Crippen molar-refractivity contribution in [2.24, 2.45) is 0 Å². The number of carboxylic acid groups (broad SMARTS) is 1. The summed E-state index contributed by atoms with van der Waals surface area (Å²) in [7, 11) is 5.77. The third-order valence-corrected chi connectivity index (χ3v) is 5.49. The first-order chi connectivity index (χ1) is 14.6. The fourth-order valence-electron chi connectivity index (χ4n) is 3.88. The van der Waals surface area contributed by atoms with Gasteiger partial charge in [0.05, 0.1) is 40.1 Å². The second kappa shape index (κ2) is 18.4. The van der Waals surface area contributed by atoms with Crippen molar-refractivity contribution in [3.63, 3.8) is 0 Å². The van der Waals surface area contributed by atoms with E-state index in [1.807, 2.05) is 21.1 Å². The third-order valence-electron chi connectivity index (χ3n) is 5.49. The number of rotatable bonds is 21. The maximum absolute atomic E-state index is 12.1. The van der Waals surface area contributed by atoms with Crippen LogP contribution in [0.25, 0.3) is 0 Å². The summed E-state index contributed by atoms with van der Waals surface area (Å²) in [6, 6.07) is 0. The van der Waals surface area contributed by atoms with Gasteiger partial charge in [-0.15, -0.1) is 0 Å². The van der Waals surface area contributed by atoms with Gasteiger partial charge in [0, 0.05) is 0 Å². The van der Waals surface area contributed by atoms with Gasteiger partial charge in [-0.05, 0) is 6.42 Å². The van der Waals surface area contributed by atoms with Crippen LogP contribution in [0.1, 0.15) is 110 Å². The van der Waals surface area contributed by atoms with E-state index in [0.29, 0.717) is 17.4 Å². The Balaban J connectivity index is 3.74. The van der Waals surface area contributed by atoms with Gasteiger partial charge in [0.25, 0.3) is 0 Å². The van der Waals surface area contributed by atoms with E-state index in [2.05, 4.69) is 6.92 Å². The number of carbonyl (C=O) groups excluding carboxylic acids is 1. The smallest absolute Gasteiger partial charge is 0.308 e. The Morgan fingerprint density at radius 1 is 0.774 bits per heavy atom. The average Bonchev–Trinajstić information content (AvgIpc) is 2.63. The molecule has 0 heterocycles. The minimum atomic E-state index is -0.987. The molecule has 2 atom stereocenters. The van der Waals surface area contributed by atoms with Crippen LogP contribution in [0.3, 0.4) is 0 Å². The van der Waals surface area contributed by atoms with E-state index in [-0.39, 0.29) is 12.8 Å². The van der Waals surface area contributed by atoms with Gasteiger partial charge in [0.2, 0.25) is 0 Å². The molecule has 0 saturated carbocycles. The highest BCUT2D eigenvalue weighted by Crippen LogP contribution is 2.15. The van der Waals surface area contributed by atoms with E-state index in [9.17, 15) is 14.7 Å². The molecule has 184 valence electrons. The monoisotopic (exact) mass is 444 g/mol. The van der Waals surface area contributed by atoms with Gasteiger partial charge in [-0.2, -0.15) is 0 Å². The van der Waals surface area contributed by atoms with E-state index in [1.54, 1.807) is 0 Å². The molecule has 2 N–H and O–H groups in total. The van der Waals surface area contributed by atoms with E-state index >= 15 is 0 Å². The number of aliphatic hydroxyl groups excluding tert-OH is 1. The minimum Gasteiger partial charge on any atom is -0.481 e. The van der Waals surface area contributed by atoms with E-state index < -0.39 is 24.1 Å². The zero-order valence-electron chi connectivity index (χ0n) is 20.7. The molecule has 0 rings (SSSR count). The maximum atomic E-state index is 12.1. The summed E-state index contributed by atoms with van der Waals surface area (Å²) < 4.78 is 5.84. The highest BCUT2D eigenvalue weighted by Gasteiger charge is 2.25. The molecule has 0 saturated heterocycles. The van der Waals surface area contributed by atoms with Gasteiger partial charge in [0.15, 0.2) is 6.10 Å². The largest absolute Gasteiger partial charge is 0.481 e. The van der Waals surface area contributed by atoms with Gasteiger partial charge in [0.1, 0.15) is 6.54 Å². The average molecular weight is 445 g/mol. The first-order valence-electron chi connectivity index (χ1n) is 12.5. The van der Waals surface area contributed by atoms with Crippen molar-refractivity contribution in [2.75, 3.05) is 27.7 Å². The molecule has 6 heteroatoms. The van der Waals surface area contributed by atoms with E-state index in [0.717, 1.165) is 12.8 Å². The Morgan fingerprint density at radius 3 is 1.65 bits per heavy atom. The number of quaternary nitrogens is 1. The summed E-state index contributed by atoms with van der Waals surface area (Å²) in [4.78, 5) is 23.1. The first-order valence-corrected chi connectivity index (χ1v) is 12.5. The van der Waals surface area contributed by atoms with Crippen LogP contribution in [0.4, 0.5) is 0 Å². The second-order valence-electron chi connectivity index (χ2n) is 10.1. The molecule has 0 aliphatic rings. The zero-order valence-corrected chi connectivity index (χ0v) is 20.7. The number of aliphatic hydroxyl groups is 1. The summed E-state index contributed by atoms with van der Waals surface area (Å²) in [5, 5.41) is 19.1. The summed E-state index contributed by atoms with van der Waals surface area (Å²) >= 11 is 0. The lowest BCUT2D eigenvalue weighted by atomic mass is 10.0. The first kappa shape index (κ1) is 29.9. The molecule has 0 aromatic carbocycles. The van der Waals surface area contributed by atoms with Crippen LogP contribution in [0.15, 0.2) is 0 Å². The number of carbonyl (C=O) groups is 2. The standard InChI is InChI=1S/C25H49NO5/c1-5-6-7-8-9-10-11-12-13-14-15-16-17-18-22(27)19-25(30)31-23(20-24(28)29)21-26(2,3)4/h22-23,27H,5-21H2,1-4H3/p+1/t22-,23+/m1/s1. The lowest BCUT2D eigenvalue weighted by Gasteiger charge is -2.28. The van der Waals surface area contributed by atoms with Crippen molar-refractivity contribution in [3.05, 3.63) is 0 Å². The van der Waals surface area contributed by atoms with E-state index in [4.69, 9.17) is 9.84 Å². The van der Waals surface area contributed by atoms with Gasteiger partial charge in [-0.25, -0.2) is 0 Å². The van der Waals surface area contributed by atoms with Gasteiger partial charge in [-0.3, -0.25) is 9.59 Å². The van der Waals surface area contributed by atoms with Crippen molar-refractivity contribution in [1.29, 1.82) is 0 Å². The van der Waals surface area contributed by atoms with Crippen LogP contribution in [0.2, 0.25) is 0 Å². The Kier molecular flexibility index (Phi) is 17.8. The van der Waals surface area contributed by atoms with Crippen LogP contribution in [0, 0.1) is 0 Å². The van der Waals surface area contributed by atoms with Crippen molar-refractivity contribution in [1.82, 2.24) is 0 Å². The maximum Gasteiger partial charge on any atom is 0.308 e. The highest BCUT2D eigenvalue weighted by molar-refractivity contribution is 5.71.